The molecule has 0 spiro atoms. The topological polar surface area (TPSA) is 202 Å². The van der Waals surface area contributed by atoms with Crippen molar-refractivity contribution in [3.8, 4) is 22.5 Å². The lowest BCUT2D eigenvalue weighted by Crippen LogP contribution is -2.57. The predicted octanol–water partition coefficient (Wildman–Crippen LogP) is 6.42. The number of alkyl halides is 1. The molecule has 16 nitrogen and oxygen atoms in total. The number of aromatic nitrogens is 6. The third-order valence-electron chi connectivity index (χ3n) is 12.3. The Kier molecular flexibility index (Phi) is 14.3. The first-order valence-electron chi connectivity index (χ1n) is 21.8. The van der Waals surface area contributed by atoms with Crippen molar-refractivity contribution < 1.29 is 23.5 Å². The molecule has 5 atom stereocenters. The first-order valence-corrected chi connectivity index (χ1v) is 22.6. The molecular formula is C44H55Cl2FN12O4. The maximum absolute atomic E-state index is 16.8. The molecule has 5 unspecified atom stereocenters. The summed E-state index contributed by atoms with van der Waals surface area (Å²) in [6, 6.07) is 3.30. The molecule has 6 N–H and O–H groups in total. The fraction of sp³-hybridized carbons (Fsp3) is 0.545. The molecule has 4 aromatic rings. The zero-order valence-corrected chi connectivity index (χ0v) is 37.1. The van der Waals surface area contributed by atoms with Gasteiger partial charge in [-0.2, -0.15) is 0 Å². The fourth-order valence-corrected chi connectivity index (χ4v) is 9.46. The monoisotopic (exact) mass is 904 g/mol. The van der Waals surface area contributed by atoms with Crippen LogP contribution in [0.1, 0.15) is 58.8 Å². The molecule has 8 rings (SSSR count). The van der Waals surface area contributed by atoms with Crippen molar-refractivity contribution in [1.29, 1.82) is 0 Å². The van der Waals surface area contributed by atoms with E-state index in [0.717, 1.165) is 58.4 Å². The van der Waals surface area contributed by atoms with Crippen LogP contribution in [0.25, 0.3) is 22.5 Å². The molecule has 19 heteroatoms. The fourth-order valence-electron chi connectivity index (χ4n) is 9.06. The molecule has 4 fully saturated rings. The van der Waals surface area contributed by atoms with Gasteiger partial charge in [-0.1, -0.05) is 23.2 Å². The highest BCUT2D eigenvalue weighted by Crippen LogP contribution is 2.40. The van der Waals surface area contributed by atoms with Gasteiger partial charge in [-0.15, -0.1) is 0 Å². The zero-order chi connectivity index (χ0) is 44.0. The number of pyridine rings is 2. The highest BCUT2D eigenvalue weighted by atomic mass is 35.5. The molecule has 8 heterocycles. The molecule has 63 heavy (non-hydrogen) atoms. The van der Waals surface area contributed by atoms with E-state index in [0.29, 0.717) is 82.0 Å². The van der Waals surface area contributed by atoms with Crippen molar-refractivity contribution in [1.82, 2.24) is 40.5 Å². The molecule has 0 radical (unpaired) electrons. The van der Waals surface area contributed by atoms with Crippen LogP contribution in [-0.4, -0.2) is 112 Å². The summed E-state index contributed by atoms with van der Waals surface area (Å²) in [5.41, 5.74) is -0.597. The van der Waals surface area contributed by atoms with Crippen molar-refractivity contribution in [2.45, 2.75) is 76.2 Å². The Hall–Kier alpha value is -4.65. The molecule has 4 aromatic heterocycles. The van der Waals surface area contributed by atoms with Gasteiger partial charge in [0.2, 0.25) is 11.6 Å². The second kappa shape index (κ2) is 20.0. The molecule has 0 aliphatic carbocycles. The Labute approximate surface area is 376 Å². The van der Waals surface area contributed by atoms with Crippen LogP contribution in [0.3, 0.4) is 0 Å². The van der Waals surface area contributed by atoms with Crippen molar-refractivity contribution in [2.24, 2.45) is 23.7 Å². The number of amides is 2. The lowest BCUT2D eigenvalue weighted by atomic mass is 9.77. The van der Waals surface area contributed by atoms with Crippen molar-refractivity contribution >= 4 is 58.3 Å². The molecule has 336 valence electrons. The summed E-state index contributed by atoms with van der Waals surface area (Å²) in [5, 5.41) is 19.6. The number of rotatable bonds is 13. The van der Waals surface area contributed by atoms with E-state index in [4.69, 9.17) is 42.6 Å². The number of nitrogens with zero attached hydrogens (tertiary/aromatic N) is 6. The Morgan fingerprint density at radius 3 is 2.06 bits per heavy atom. The summed E-state index contributed by atoms with van der Waals surface area (Å²) in [6.07, 6.45) is 14.2. The smallest absolute Gasteiger partial charge is 0.264 e. The number of carbonyl (C=O) groups excluding carboxylic acids is 2. The van der Waals surface area contributed by atoms with Gasteiger partial charge in [0.05, 0.1) is 63.8 Å². The number of nitrogens with one attached hydrogen (secondary N) is 6. The lowest BCUT2D eigenvalue weighted by Gasteiger charge is -2.46. The molecule has 4 aliphatic heterocycles. The van der Waals surface area contributed by atoms with Crippen LogP contribution in [-0.2, 0) is 19.1 Å². The first kappa shape index (κ1) is 44.9. The highest BCUT2D eigenvalue weighted by molar-refractivity contribution is 6.33. The summed E-state index contributed by atoms with van der Waals surface area (Å²) in [6.45, 7) is 8.80. The van der Waals surface area contributed by atoms with Crippen LogP contribution in [0, 0.1) is 23.7 Å². The maximum Gasteiger partial charge on any atom is 0.264 e. The van der Waals surface area contributed by atoms with E-state index in [1.165, 1.54) is 12.4 Å². The summed E-state index contributed by atoms with van der Waals surface area (Å²) >= 11 is 13.1. The summed E-state index contributed by atoms with van der Waals surface area (Å²) in [4.78, 5) is 53.5. The SMILES string of the molecule is CC1(C)CC(CNc2cncc(-c3cc(NC(=O)C4CCCNC4)ncc3Cl)n2)CC(C2CNCC(F)(C(=O)Nc3cc(-c4cncc(NCC5CCOCC5)n4)c(Cl)cn3)C2)O1. The zero-order valence-electron chi connectivity index (χ0n) is 35.6. The Balaban J connectivity index is 0.882. The first-order chi connectivity index (χ1) is 30.4. The second-order valence-corrected chi connectivity index (χ2v) is 18.6. The summed E-state index contributed by atoms with van der Waals surface area (Å²) < 4.78 is 28.9. The predicted molar refractivity (Wildman–Crippen MR) is 240 cm³/mol. The minimum atomic E-state index is -2.23. The number of hydrogen-bond donors (Lipinski definition) is 6. The number of halogens is 3. The average Bonchev–Trinajstić information content (AvgIpc) is 3.29. The van der Waals surface area contributed by atoms with Crippen molar-refractivity contribution in [2.75, 3.05) is 73.7 Å². The quantitative estimate of drug-likeness (QED) is 0.0859. The minimum absolute atomic E-state index is 0.0281. The summed E-state index contributed by atoms with van der Waals surface area (Å²) in [7, 11) is 0. The molecule has 4 aliphatic rings. The van der Waals surface area contributed by atoms with Gasteiger partial charge in [0.1, 0.15) is 23.3 Å². The van der Waals surface area contributed by atoms with Gasteiger partial charge < -0.3 is 41.4 Å². The standard InChI is InChI=1S/C44H55Cl2FN12O4/c1-43(2)13-27(16-53-40-24-50-21-34(57-40)30-11-37(54-19-32(30)45)58-41(60)28-4-3-7-48-17-28)10-36(63-43)29-14-44(47,25-51-18-29)42(61)59-38-12-31(33(46)20-55-38)35-22-49-23-39(56-35)52-15-26-5-8-62-9-6-26/h11-12,19-24,26-29,36,48,51H,3-10,13-18,25H2,1-2H3,(H,52,56)(H,53,57)(H,54,58,60)(H,55,59,61). The Morgan fingerprint density at radius 1 is 0.794 bits per heavy atom. The van der Waals surface area contributed by atoms with Gasteiger partial charge >= 0.3 is 0 Å². The molecule has 4 saturated heterocycles. The number of hydrogen-bond acceptors (Lipinski definition) is 14. The van der Waals surface area contributed by atoms with E-state index in [1.807, 2.05) is 13.8 Å². The van der Waals surface area contributed by atoms with Crippen LogP contribution in [0.15, 0.2) is 49.3 Å². The number of carbonyl (C=O) groups is 2. The third kappa shape index (κ3) is 11.5. The van der Waals surface area contributed by atoms with Crippen LogP contribution in [0.2, 0.25) is 10.0 Å². The minimum Gasteiger partial charge on any atom is -0.381 e. The maximum atomic E-state index is 16.8. The normalized spacial score (nSPS) is 25.2. The van der Waals surface area contributed by atoms with Crippen molar-refractivity contribution in [3.63, 3.8) is 0 Å². The Morgan fingerprint density at radius 2 is 1.43 bits per heavy atom. The van der Waals surface area contributed by atoms with E-state index >= 15 is 4.39 Å². The highest BCUT2D eigenvalue weighted by Gasteiger charge is 2.48. The van der Waals surface area contributed by atoms with Gasteiger partial charge in [0, 0.05) is 75.4 Å². The molecule has 0 aromatic carbocycles. The van der Waals surface area contributed by atoms with E-state index in [1.54, 1.807) is 36.9 Å². The summed E-state index contributed by atoms with van der Waals surface area (Å²) in [5.74, 6) is 1.05. The number of ether oxygens (including phenoxy) is 2. The lowest BCUT2D eigenvalue weighted by molar-refractivity contribution is -0.156. The van der Waals surface area contributed by atoms with Crippen LogP contribution < -0.4 is 31.9 Å². The van der Waals surface area contributed by atoms with Gasteiger partial charge in [-0.25, -0.2) is 24.3 Å². The van der Waals surface area contributed by atoms with E-state index in [9.17, 15) is 9.59 Å². The van der Waals surface area contributed by atoms with Crippen LogP contribution in [0.5, 0.6) is 0 Å². The van der Waals surface area contributed by atoms with E-state index in [-0.39, 0.29) is 48.5 Å². The number of piperidine rings is 2. The van der Waals surface area contributed by atoms with Crippen LogP contribution in [0.4, 0.5) is 27.7 Å². The molecule has 0 bridgehead atoms. The van der Waals surface area contributed by atoms with E-state index in [2.05, 4.69) is 51.8 Å². The van der Waals surface area contributed by atoms with Crippen LogP contribution >= 0.6 is 23.2 Å². The van der Waals surface area contributed by atoms with E-state index < -0.39 is 17.2 Å². The molecule has 2 amide bonds. The van der Waals surface area contributed by atoms with Gasteiger partial charge in [-0.05, 0) is 89.3 Å². The molecular weight excluding hydrogens is 850 g/mol. The van der Waals surface area contributed by atoms with Gasteiger partial charge in [0.25, 0.3) is 5.91 Å². The van der Waals surface area contributed by atoms with Gasteiger partial charge in [0.15, 0.2) is 0 Å². The Bertz CT molecular complexity index is 2250. The van der Waals surface area contributed by atoms with Gasteiger partial charge in [-0.3, -0.25) is 19.6 Å². The van der Waals surface area contributed by atoms with Crippen molar-refractivity contribution in [3.05, 3.63) is 59.4 Å². The number of anilines is 4. The average molecular weight is 906 g/mol. The molecule has 0 saturated carbocycles. The largest absolute Gasteiger partial charge is 0.381 e. The second-order valence-electron chi connectivity index (χ2n) is 17.8. The third-order valence-corrected chi connectivity index (χ3v) is 12.9.